The summed E-state index contributed by atoms with van der Waals surface area (Å²) in [6.07, 6.45) is 10.5. The van der Waals surface area contributed by atoms with Gasteiger partial charge >= 0.3 is 0 Å². The first-order valence-electron chi connectivity index (χ1n) is 10.0. The lowest BCUT2D eigenvalue weighted by Crippen LogP contribution is -2.32. The van der Waals surface area contributed by atoms with Gasteiger partial charge in [0.05, 0.1) is 0 Å². The van der Waals surface area contributed by atoms with Crippen LogP contribution in [0.1, 0.15) is 81.9 Å². The van der Waals surface area contributed by atoms with E-state index in [2.05, 4.69) is 75.8 Å². The molecule has 0 N–H and O–H groups in total. The molecule has 0 radical (unpaired) electrons. The van der Waals surface area contributed by atoms with Crippen LogP contribution in [0.15, 0.2) is 36.5 Å². The first-order valence-corrected chi connectivity index (χ1v) is 10.0. The minimum absolute atomic E-state index is 0.246. The molecular weight excluding hydrogens is 302 g/mol. The van der Waals surface area contributed by atoms with E-state index < -0.39 is 0 Å². The molecule has 3 rings (SSSR count). The minimum Gasteiger partial charge on any atom is -0.201 e. The molecule has 1 aliphatic carbocycles. The van der Waals surface area contributed by atoms with E-state index in [0.717, 1.165) is 12.3 Å². The Kier molecular flexibility index (Phi) is 5.32. The van der Waals surface area contributed by atoms with Crippen molar-refractivity contribution in [2.75, 3.05) is 0 Å². The average molecular weight is 337 g/mol. The Morgan fingerprint density at radius 3 is 2.36 bits per heavy atom. The van der Waals surface area contributed by atoms with Gasteiger partial charge in [-0.25, -0.2) is 4.57 Å². The second-order valence-corrected chi connectivity index (χ2v) is 8.56. The fourth-order valence-corrected chi connectivity index (χ4v) is 4.16. The first-order chi connectivity index (χ1) is 11.9. The van der Waals surface area contributed by atoms with Crippen LogP contribution in [0.5, 0.6) is 0 Å². The molecule has 1 nitrogen and oxygen atoms in total. The van der Waals surface area contributed by atoms with E-state index in [0.29, 0.717) is 0 Å². The Labute approximate surface area is 154 Å². The number of hydrogen-bond donors (Lipinski definition) is 0. The number of benzene rings is 1. The number of hydrogen-bond acceptors (Lipinski definition) is 0. The first kappa shape index (κ1) is 18.2. The molecule has 134 valence electrons. The lowest BCUT2D eigenvalue weighted by Gasteiger charge is -2.24. The lowest BCUT2D eigenvalue weighted by molar-refractivity contribution is -0.660. The fourth-order valence-electron chi connectivity index (χ4n) is 4.16. The molecule has 1 aliphatic rings. The molecule has 0 unspecified atom stereocenters. The summed E-state index contributed by atoms with van der Waals surface area (Å²) < 4.78 is 2.33. The highest BCUT2D eigenvalue weighted by Crippen LogP contribution is 2.34. The van der Waals surface area contributed by atoms with Gasteiger partial charge < -0.3 is 0 Å². The summed E-state index contributed by atoms with van der Waals surface area (Å²) in [5, 5.41) is 0. The third-order valence-corrected chi connectivity index (χ3v) is 6.40. The van der Waals surface area contributed by atoms with Gasteiger partial charge in [-0.3, -0.25) is 0 Å². The van der Waals surface area contributed by atoms with E-state index in [9.17, 15) is 0 Å². The summed E-state index contributed by atoms with van der Waals surface area (Å²) in [6.45, 7) is 9.19. The van der Waals surface area contributed by atoms with E-state index in [4.69, 9.17) is 0 Å². The molecule has 2 aromatic rings. The van der Waals surface area contributed by atoms with E-state index in [1.807, 2.05) is 0 Å². The number of nitrogens with zero attached hydrogens (tertiary/aromatic N) is 1. The lowest BCUT2D eigenvalue weighted by atomic mass is 9.81. The fraction of sp³-hybridized carbons (Fsp3) is 0.542. The molecule has 1 aromatic heterocycles. The van der Waals surface area contributed by atoms with Crippen molar-refractivity contribution in [3.8, 4) is 11.3 Å². The molecule has 0 spiro atoms. The van der Waals surface area contributed by atoms with Crippen LogP contribution >= 0.6 is 0 Å². The largest absolute Gasteiger partial charge is 0.212 e. The zero-order chi connectivity index (χ0) is 18.0. The predicted molar refractivity (Wildman–Crippen MR) is 107 cm³/mol. The second-order valence-electron chi connectivity index (χ2n) is 8.56. The van der Waals surface area contributed by atoms with Crippen molar-refractivity contribution in [3.05, 3.63) is 53.2 Å². The average Bonchev–Trinajstić information content (AvgIpc) is 2.62. The third kappa shape index (κ3) is 3.81. The van der Waals surface area contributed by atoms with Crippen LogP contribution in [0.3, 0.4) is 0 Å². The molecule has 1 heterocycles. The Bertz CT molecular complexity index is 736. The number of aromatic nitrogens is 1. The van der Waals surface area contributed by atoms with E-state index >= 15 is 0 Å². The van der Waals surface area contributed by atoms with Crippen LogP contribution in [-0.2, 0) is 12.5 Å². The summed E-state index contributed by atoms with van der Waals surface area (Å²) >= 11 is 0. The molecule has 0 amide bonds. The number of rotatable bonds is 4. The van der Waals surface area contributed by atoms with Crippen LogP contribution in [0.2, 0.25) is 0 Å². The molecule has 0 atom stereocenters. The van der Waals surface area contributed by atoms with Gasteiger partial charge in [0.1, 0.15) is 7.05 Å². The van der Waals surface area contributed by atoms with Gasteiger partial charge in [0.25, 0.3) is 0 Å². The SMILES string of the molecule is CCC(C)(C)c1ccc(-c2ccc(C3CCCCC3)c[n+]2C)c(C)c1. The Morgan fingerprint density at radius 1 is 1.04 bits per heavy atom. The minimum atomic E-state index is 0.246. The zero-order valence-corrected chi connectivity index (χ0v) is 16.7. The van der Waals surface area contributed by atoms with Gasteiger partial charge in [-0.2, -0.15) is 0 Å². The Hall–Kier alpha value is -1.63. The standard InChI is InChI=1S/C24H34N/c1-6-24(3,4)21-13-14-22(18(2)16-21)23-15-12-20(17-25(23)5)19-10-8-7-9-11-19/h12-17,19H,6-11H2,1-5H3/q+1. The van der Waals surface area contributed by atoms with Crippen LogP contribution in [-0.4, -0.2) is 0 Å². The predicted octanol–water partition coefficient (Wildman–Crippen LogP) is 6.22. The summed E-state index contributed by atoms with van der Waals surface area (Å²) in [7, 11) is 2.20. The van der Waals surface area contributed by atoms with Crippen molar-refractivity contribution >= 4 is 0 Å². The second kappa shape index (κ2) is 7.32. The molecule has 1 heteroatoms. The van der Waals surface area contributed by atoms with E-state index in [-0.39, 0.29) is 5.41 Å². The zero-order valence-electron chi connectivity index (χ0n) is 16.7. The molecular formula is C24H34N+. The van der Waals surface area contributed by atoms with Crippen molar-refractivity contribution in [2.24, 2.45) is 7.05 Å². The summed E-state index contributed by atoms with van der Waals surface area (Å²) in [5.74, 6) is 0.767. The maximum absolute atomic E-state index is 2.38. The van der Waals surface area contributed by atoms with Gasteiger partial charge in [0, 0.05) is 17.2 Å². The highest BCUT2D eigenvalue weighted by Gasteiger charge is 2.22. The smallest absolute Gasteiger partial charge is 0.201 e. The van der Waals surface area contributed by atoms with E-state index in [1.54, 1.807) is 0 Å². The molecule has 0 saturated heterocycles. The third-order valence-electron chi connectivity index (χ3n) is 6.40. The van der Waals surface area contributed by atoms with Crippen molar-refractivity contribution in [2.45, 2.75) is 77.6 Å². The highest BCUT2D eigenvalue weighted by atomic mass is 14.9. The van der Waals surface area contributed by atoms with Crippen molar-refractivity contribution < 1.29 is 4.57 Å². The molecule has 1 aromatic carbocycles. The molecule has 25 heavy (non-hydrogen) atoms. The van der Waals surface area contributed by atoms with Crippen molar-refractivity contribution in [1.29, 1.82) is 0 Å². The molecule has 0 aliphatic heterocycles. The maximum atomic E-state index is 2.38. The monoisotopic (exact) mass is 336 g/mol. The van der Waals surface area contributed by atoms with Gasteiger partial charge in [0.15, 0.2) is 6.20 Å². The van der Waals surface area contributed by atoms with Crippen LogP contribution in [0, 0.1) is 6.92 Å². The summed E-state index contributed by atoms with van der Waals surface area (Å²) in [5.41, 5.74) is 7.26. The van der Waals surface area contributed by atoms with Gasteiger partial charge in [-0.1, -0.05) is 52.2 Å². The van der Waals surface area contributed by atoms with Crippen molar-refractivity contribution in [1.82, 2.24) is 0 Å². The topological polar surface area (TPSA) is 3.88 Å². The van der Waals surface area contributed by atoms with Crippen molar-refractivity contribution in [3.63, 3.8) is 0 Å². The Morgan fingerprint density at radius 2 is 1.76 bits per heavy atom. The van der Waals surface area contributed by atoms with Crippen LogP contribution in [0.4, 0.5) is 0 Å². The summed E-state index contributed by atoms with van der Waals surface area (Å²) in [6, 6.07) is 11.7. The quantitative estimate of drug-likeness (QED) is 0.583. The van der Waals surface area contributed by atoms with E-state index in [1.165, 1.54) is 60.1 Å². The number of aryl methyl sites for hydroxylation is 2. The molecule has 1 saturated carbocycles. The van der Waals surface area contributed by atoms with Crippen LogP contribution < -0.4 is 4.57 Å². The normalized spacial score (nSPS) is 16.2. The van der Waals surface area contributed by atoms with Crippen LogP contribution in [0.25, 0.3) is 11.3 Å². The maximum Gasteiger partial charge on any atom is 0.212 e. The molecule has 1 fully saturated rings. The summed E-state index contributed by atoms with van der Waals surface area (Å²) in [4.78, 5) is 0. The Balaban J connectivity index is 1.91. The number of pyridine rings is 1. The van der Waals surface area contributed by atoms with Gasteiger partial charge in [-0.15, -0.1) is 0 Å². The molecule has 0 bridgehead atoms. The van der Waals surface area contributed by atoms with Gasteiger partial charge in [-0.05, 0) is 60.8 Å². The highest BCUT2D eigenvalue weighted by molar-refractivity contribution is 5.62. The van der Waals surface area contributed by atoms with Gasteiger partial charge in [0.2, 0.25) is 5.69 Å².